The normalized spacial score (nSPS) is 20.1. The van der Waals surface area contributed by atoms with Crippen LogP contribution in [-0.4, -0.2) is 114 Å². The standard InChI is InChI=1S/C47H55N3O10/c1-46(2,3)59-41(53)22-20-36(29-51)48-43(54)37(24-30-13-8-7-9-14-30)50(6)44(55)35-25-38(57-45(56)32-18-12-15-31(23-32)19-21-40(52)49(4)5)42-39(26-35)58-47(60-42)27-33-16-10-11-17-34(33)28-47/h7-19,21,23,26,36-39,42,51H,20,22,24-25,27-29H2,1-6H3,(H,48,54)/t36-,37+,38+,39+,42-/m0/s1. The minimum absolute atomic E-state index is 0.0196. The molecule has 0 unspecified atom stereocenters. The molecule has 0 bridgehead atoms. The lowest BCUT2D eigenvalue weighted by Crippen LogP contribution is -2.53. The minimum Gasteiger partial charge on any atom is -0.460 e. The minimum atomic E-state index is -1.03. The summed E-state index contributed by atoms with van der Waals surface area (Å²) in [5.41, 5.74) is 3.44. The van der Waals surface area contributed by atoms with E-state index < -0.39 is 72.1 Å². The predicted octanol–water partition coefficient (Wildman–Crippen LogP) is 4.59. The molecule has 13 heteroatoms. The van der Waals surface area contributed by atoms with E-state index in [4.69, 9.17) is 18.9 Å². The van der Waals surface area contributed by atoms with Crippen LogP contribution in [0.1, 0.15) is 72.6 Å². The maximum Gasteiger partial charge on any atom is 0.338 e. The molecule has 6 rings (SSSR count). The van der Waals surface area contributed by atoms with E-state index >= 15 is 0 Å². The van der Waals surface area contributed by atoms with Gasteiger partial charge in [0, 0.05) is 64.9 Å². The fourth-order valence-corrected chi connectivity index (χ4v) is 7.75. The van der Waals surface area contributed by atoms with Gasteiger partial charge in [0.2, 0.25) is 17.7 Å². The number of amides is 3. The second-order valence-electron chi connectivity index (χ2n) is 16.9. The van der Waals surface area contributed by atoms with Crippen molar-refractivity contribution in [1.82, 2.24) is 15.1 Å². The number of esters is 2. The zero-order valence-corrected chi connectivity index (χ0v) is 35.1. The molecule has 5 atom stereocenters. The van der Waals surface area contributed by atoms with Crippen LogP contribution in [0.5, 0.6) is 0 Å². The Bertz CT molecular complexity index is 2100. The molecule has 13 nitrogen and oxygen atoms in total. The van der Waals surface area contributed by atoms with Gasteiger partial charge in [0.25, 0.3) is 0 Å². The van der Waals surface area contributed by atoms with Gasteiger partial charge in [-0.3, -0.25) is 19.2 Å². The zero-order valence-electron chi connectivity index (χ0n) is 35.1. The molecule has 1 fully saturated rings. The average Bonchev–Trinajstić information content (AvgIpc) is 3.77. The Morgan fingerprint density at radius 1 is 0.933 bits per heavy atom. The summed E-state index contributed by atoms with van der Waals surface area (Å²) in [5, 5.41) is 13.1. The number of aliphatic hydroxyl groups is 1. The van der Waals surface area contributed by atoms with Crippen molar-refractivity contribution in [1.29, 1.82) is 0 Å². The van der Waals surface area contributed by atoms with E-state index in [-0.39, 0.29) is 42.7 Å². The number of rotatable bonds is 14. The fraction of sp³-hybridized carbons (Fsp3) is 0.426. The lowest BCUT2D eigenvalue weighted by Gasteiger charge is -2.34. The molecule has 1 spiro atoms. The highest BCUT2D eigenvalue weighted by Gasteiger charge is 2.55. The first kappa shape index (κ1) is 43.9. The van der Waals surface area contributed by atoms with Crippen molar-refractivity contribution >= 4 is 35.7 Å². The molecule has 1 aliphatic heterocycles. The molecule has 1 saturated heterocycles. The van der Waals surface area contributed by atoms with E-state index in [1.807, 2.05) is 54.6 Å². The van der Waals surface area contributed by atoms with E-state index in [1.54, 1.807) is 78.3 Å². The van der Waals surface area contributed by atoms with Crippen molar-refractivity contribution in [2.45, 2.75) is 101 Å². The highest BCUT2D eigenvalue weighted by molar-refractivity contribution is 5.98. The molecule has 318 valence electrons. The van der Waals surface area contributed by atoms with E-state index in [0.29, 0.717) is 18.4 Å². The maximum absolute atomic E-state index is 14.6. The molecule has 0 saturated carbocycles. The molecule has 60 heavy (non-hydrogen) atoms. The Hall–Kier alpha value is -5.63. The zero-order chi connectivity index (χ0) is 43.2. The highest BCUT2D eigenvalue weighted by atomic mass is 16.8. The number of likely N-dealkylation sites (N-methyl/N-ethyl adjacent to an activating group) is 2. The predicted molar refractivity (Wildman–Crippen MR) is 223 cm³/mol. The third-order valence-corrected chi connectivity index (χ3v) is 10.8. The maximum atomic E-state index is 14.6. The van der Waals surface area contributed by atoms with Crippen molar-refractivity contribution in [3.8, 4) is 0 Å². The van der Waals surface area contributed by atoms with Crippen LogP contribution in [0.25, 0.3) is 6.08 Å². The van der Waals surface area contributed by atoms with Gasteiger partial charge in [-0.15, -0.1) is 0 Å². The Morgan fingerprint density at radius 3 is 2.27 bits per heavy atom. The van der Waals surface area contributed by atoms with E-state index in [2.05, 4.69) is 5.32 Å². The fourth-order valence-electron chi connectivity index (χ4n) is 7.75. The highest BCUT2D eigenvalue weighted by Crippen LogP contribution is 2.45. The molecule has 1 heterocycles. The van der Waals surface area contributed by atoms with E-state index in [9.17, 15) is 29.1 Å². The topological polar surface area (TPSA) is 161 Å². The summed E-state index contributed by atoms with van der Waals surface area (Å²) in [6, 6.07) is 22.1. The molecule has 3 aromatic rings. The summed E-state index contributed by atoms with van der Waals surface area (Å²) < 4.78 is 25.0. The SMILES string of the molecule is CN(C)C(=O)C=Cc1cccc(C(=O)O[C@@H]2CC(C(=O)N(C)[C@H](Cc3ccccc3)C(=O)N[C@H](CO)CCC(=O)OC(C)(C)C)=C[C@H]3OC4(Cc5ccccc5C4)O[C@H]32)c1. The lowest BCUT2D eigenvalue weighted by molar-refractivity contribution is -0.172. The molecule has 3 aliphatic rings. The summed E-state index contributed by atoms with van der Waals surface area (Å²) in [5.74, 6) is -3.32. The van der Waals surface area contributed by atoms with E-state index in [0.717, 1.165) is 16.7 Å². The van der Waals surface area contributed by atoms with E-state index in [1.165, 1.54) is 15.9 Å². The number of nitrogens with one attached hydrogen (secondary N) is 1. The molecule has 2 N–H and O–H groups in total. The summed E-state index contributed by atoms with van der Waals surface area (Å²) in [6.45, 7) is 4.86. The number of carbonyl (C=O) groups excluding carboxylic acids is 5. The van der Waals surface area contributed by atoms with Gasteiger partial charge in [-0.2, -0.15) is 0 Å². The lowest BCUT2D eigenvalue weighted by atomic mass is 9.90. The van der Waals surface area contributed by atoms with Gasteiger partial charge < -0.3 is 39.2 Å². The Kier molecular flexibility index (Phi) is 13.7. The van der Waals surface area contributed by atoms with Crippen LogP contribution in [0.15, 0.2) is 96.6 Å². The number of aliphatic hydroxyl groups excluding tert-OH is 1. The van der Waals surface area contributed by atoms with Crippen LogP contribution in [0, 0.1) is 0 Å². The van der Waals surface area contributed by atoms with Gasteiger partial charge in [0.1, 0.15) is 30.0 Å². The Morgan fingerprint density at radius 2 is 1.62 bits per heavy atom. The summed E-state index contributed by atoms with van der Waals surface area (Å²) in [7, 11) is 4.84. The van der Waals surface area contributed by atoms with Crippen LogP contribution in [0.4, 0.5) is 0 Å². The largest absolute Gasteiger partial charge is 0.460 e. The number of hydrogen-bond acceptors (Lipinski definition) is 10. The third kappa shape index (κ3) is 10.9. The Labute approximate surface area is 351 Å². The van der Waals surface area contributed by atoms with Gasteiger partial charge in [-0.1, -0.05) is 66.7 Å². The van der Waals surface area contributed by atoms with Crippen molar-refractivity contribution in [3.05, 3.63) is 124 Å². The second kappa shape index (κ2) is 18.7. The van der Waals surface area contributed by atoms with Crippen LogP contribution in [0.2, 0.25) is 0 Å². The molecule has 2 aliphatic carbocycles. The number of fused-ring (bicyclic) bond motifs is 2. The quantitative estimate of drug-likeness (QED) is 0.174. The summed E-state index contributed by atoms with van der Waals surface area (Å²) in [6.07, 6.45) is 3.52. The van der Waals surface area contributed by atoms with Gasteiger partial charge in [-0.25, -0.2) is 4.79 Å². The van der Waals surface area contributed by atoms with Crippen LogP contribution in [-0.2, 0) is 57.4 Å². The van der Waals surface area contributed by atoms with Crippen molar-refractivity contribution in [2.24, 2.45) is 0 Å². The smallest absolute Gasteiger partial charge is 0.338 e. The van der Waals surface area contributed by atoms with Crippen LogP contribution >= 0.6 is 0 Å². The van der Waals surface area contributed by atoms with Gasteiger partial charge in [0.15, 0.2) is 5.79 Å². The molecule has 0 radical (unpaired) electrons. The average molecular weight is 822 g/mol. The first-order valence-corrected chi connectivity index (χ1v) is 20.3. The number of hydrogen-bond donors (Lipinski definition) is 2. The molecule has 3 amide bonds. The summed E-state index contributed by atoms with van der Waals surface area (Å²) >= 11 is 0. The van der Waals surface area contributed by atoms with Crippen molar-refractivity contribution < 1.29 is 48.0 Å². The number of carbonyl (C=O) groups is 5. The molecule has 0 aromatic heterocycles. The molecular weight excluding hydrogens is 767 g/mol. The van der Waals surface area contributed by atoms with Gasteiger partial charge >= 0.3 is 11.9 Å². The van der Waals surface area contributed by atoms with Gasteiger partial charge in [-0.05, 0) is 73.7 Å². The van der Waals surface area contributed by atoms with Crippen LogP contribution < -0.4 is 5.32 Å². The number of benzene rings is 3. The van der Waals surface area contributed by atoms with Crippen molar-refractivity contribution in [2.75, 3.05) is 27.7 Å². The molecular formula is C47H55N3O10. The second-order valence-corrected chi connectivity index (χ2v) is 16.9. The monoisotopic (exact) mass is 821 g/mol. The molecule has 3 aromatic carbocycles. The third-order valence-electron chi connectivity index (χ3n) is 10.8. The summed E-state index contributed by atoms with van der Waals surface area (Å²) in [4.78, 5) is 70.0. The number of nitrogens with zero attached hydrogens (tertiary/aromatic N) is 2. The van der Waals surface area contributed by atoms with Crippen molar-refractivity contribution in [3.63, 3.8) is 0 Å². The van der Waals surface area contributed by atoms with Gasteiger partial charge in [0.05, 0.1) is 18.2 Å². The Balaban J connectivity index is 1.25. The first-order chi connectivity index (χ1) is 28.5. The van der Waals surface area contributed by atoms with Crippen LogP contribution in [0.3, 0.4) is 0 Å². The first-order valence-electron chi connectivity index (χ1n) is 20.3. The number of ether oxygens (including phenoxy) is 4.